The van der Waals surface area contributed by atoms with E-state index >= 15 is 0 Å². The fraction of sp³-hybridized carbons (Fsp3) is 0. The molecule has 3 heteroatoms. The molecular weight excluding hydrogens is 399 g/mol. The number of rotatable bonds is 0. The van der Waals surface area contributed by atoms with Gasteiger partial charge in [0, 0.05) is 44.0 Å². The first kappa shape index (κ1) is 15.5. The van der Waals surface area contributed by atoms with E-state index in [-0.39, 0.29) is 6.85 Å². The van der Waals surface area contributed by atoms with Crippen molar-refractivity contribution in [1.29, 1.82) is 0 Å². The van der Waals surface area contributed by atoms with Crippen LogP contribution < -0.4 is 15.7 Å². The summed E-state index contributed by atoms with van der Waals surface area (Å²) >= 11 is 0. The first-order chi connectivity index (χ1) is 16.4. The van der Waals surface area contributed by atoms with E-state index in [0.717, 1.165) is 0 Å². The lowest BCUT2D eigenvalue weighted by Gasteiger charge is -2.44. The summed E-state index contributed by atoms with van der Waals surface area (Å²) < 4.78 is 2.60. The van der Waals surface area contributed by atoms with E-state index in [2.05, 4.69) is 100 Å². The number of hydrogen-bond acceptors (Lipinski definition) is 1. The molecule has 0 bridgehead atoms. The molecule has 0 fully saturated rings. The van der Waals surface area contributed by atoms with Crippen LogP contribution in [-0.2, 0) is 0 Å². The second kappa shape index (κ2) is 4.74. The quantitative estimate of drug-likeness (QED) is 0.274. The van der Waals surface area contributed by atoms with E-state index < -0.39 is 0 Å². The van der Waals surface area contributed by atoms with Gasteiger partial charge in [-0.25, -0.2) is 0 Å². The third kappa shape index (κ3) is 1.42. The molecule has 5 aromatic carbocycles. The Bertz CT molecular complexity index is 1910. The van der Waals surface area contributed by atoms with Crippen LogP contribution in [0.2, 0.25) is 0 Å². The highest BCUT2D eigenvalue weighted by Gasteiger charge is 2.47. The maximum atomic E-state index is 2.62. The van der Waals surface area contributed by atoms with Crippen molar-refractivity contribution in [2.45, 2.75) is 0 Å². The first-order valence-corrected chi connectivity index (χ1v) is 11.7. The lowest BCUT2D eigenvalue weighted by Crippen LogP contribution is -2.61. The van der Waals surface area contributed by atoms with Crippen molar-refractivity contribution in [3.05, 3.63) is 91.0 Å². The number of hydrogen-bond donors (Lipinski definition) is 0. The monoisotopic (exact) mass is 414 g/mol. The molecule has 0 saturated heterocycles. The van der Waals surface area contributed by atoms with Gasteiger partial charge in [0.1, 0.15) is 0 Å². The summed E-state index contributed by atoms with van der Waals surface area (Å²) in [6.45, 7) is 0.198. The Labute approximate surface area is 189 Å². The summed E-state index contributed by atoms with van der Waals surface area (Å²) in [4.78, 5) is 2.62. The van der Waals surface area contributed by atoms with Crippen LogP contribution >= 0.6 is 0 Å². The average molecular weight is 414 g/mol. The third-order valence-electron chi connectivity index (χ3n) is 8.43. The van der Waals surface area contributed by atoms with Crippen molar-refractivity contribution < 1.29 is 0 Å². The summed E-state index contributed by atoms with van der Waals surface area (Å²) in [5.41, 5.74) is 15.2. The second-order valence-corrected chi connectivity index (χ2v) is 9.69. The standard InChI is InChI=1S/C30H15BN2/c1-3-10-24-16(6-1)18-12-14-22-20-8-5-9-21-23-15-13-19-17-7-2-4-11-25(17)33(24)31-26(18)29(22)32(28(20)21)30(23)27(19)31/h1-15H. The van der Waals surface area contributed by atoms with Crippen LogP contribution in [0, 0.1) is 0 Å². The molecule has 3 aliphatic heterocycles. The zero-order valence-electron chi connectivity index (χ0n) is 17.6. The maximum Gasteiger partial charge on any atom is 0.333 e. The molecule has 0 amide bonds. The largest absolute Gasteiger partial charge is 0.376 e. The Hall–Kier alpha value is -4.24. The predicted octanol–water partition coefficient (Wildman–Crippen LogP) is 6.05. The van der Waals surface area contributed by atoms with E-state index in [1.807, 2.05) is 0 Å². The van der Waals surface area contributed by atoms with Gasteiger partial charge in [-0.05, 0) is 34.2 Å². The van der Waals surface area contributed by atoms with E-state index in [1.165, 1.54) is 82.6 Å². The highest BCUT2D eigenvalue weighted by molar-refractivity contribution is 6.96. The number of fused-ring (bicyclic) bond motifs is 8. The Morgan fingerprint density at radius 1 is 0.424 bits per heavy atom. The predicted molar refractivity (Wildman–Crippen MR) is 139 cm³/mol. The Kier molecular flexibility index (Phi) is 2.23. The third-order valence-corrected chi connectivity index (χ3v) is 8.43. The summed E-state index contributed by atoms with van der Waals surface area (Å²) in [6.07, 6.45) is 0. The van der Waals surface area contributed by atoms with Gasteiger partial charge < -0.3 is 9.21 Å². The average Bonchev–Trinajstić information content (AvgIpc) is 3.40. The summed E-state index contributed by atoms with van der Waals surface area (Å²) in [5.74, 6) is 0. The number of anilines is 2. The van der Waals surface area contributed by atoms with Crippen LogP contribution in [0.3, 0.4) is 0 Å². The van der Waals surface area contributed by atoms with E-state index in [1.54, 1.807) is 0 Å². The van der Waals surface area contributed by atoms with Crippen LogP contribution in [0.4, 0.5) is 11.4 Å². The molecule has 3 aliphatic rings. The lowest BCUT2D eigenvalue weighted by atomic mass is 9.42. The molecule has 148 valence electrons. The zero-order valence-corrected chi connectivity index (χ0v) is 17.6. The lowest BCUT2D eigenvalue weighted by molar-refractivity contribution is 1.32. The van der Waals surface area contributed by atoms with Gasteiger partial charge in [0.05, 0.1) is 16.6 Å². The van der Waals surface area contributed by atoms with Gasteiger partial charge >= 0.3 is 6.85 Å². The minimum absolute atomic E-state index is 0.198. The maximum absolute atomic E-state index is 2.62. The van der Waals surface area contributed by atoms with Gasteiger partial charge in [0.15, 0.2) is 0 Å². The molecule has 10 rings (SSSR count). The van der Waals surface area contributed by atoms with Crippen LogP contribution in [0.15, 0.2) is 91.0 Å². The van der Waals surface area contributed by atoms with Gasteiger partial charge in [0.25, 0.3) is 0 Å². The molecule has 0 aliphatic carbocycles. The van der Waals surface area contributed by atoms with E-state index in [9.17, 15) is 0 Å². The SMILES string of the molecule is c1ccc2c(c1)-c1ccc3c4cccc5c6ccc7c8c6n(c3c1B8N2c1ccccc1-7)c45. The Morgan fingerprint density at radius 3 is 1.52 bits per heavy atom. The topological polar surface area (TPSA) is 7.65 Å². The van der Waals surface area contributed by atoms with Gasteiger partial charge in [-0.3, -0.25) is 0 Å². The molecule has 0 radical (unpaired) electrons. The van der Waals surface area contributed by atoms with Gasteiger partial charge in [-0.1, -0.05) is 78.9 Å². The van der Waals surface area contributed by atoms with Crippen LogP contribution in [-0.4, -0.2) is 11.2 Å². The van der Waals surface area contributed by atoms with Gasteiger partial charge in [0.2, 0.25) is 0 Å². The van der Waals surface area contributed by atoms with Gasteiger partial charge in [-0.15, -0.1) is 0 Å². The first-order valence-electron chi connectivity index (χ1n) is 11.7. The number of nitrogens with zero attached hydrogens (tertiary/aromatic N) is 2. The Balaban J connectivity index is 1.61. The highest BCUT2D eigenvalue weighted by atomic mass is 15.1. The summed E-state index contributed by atoms with van der Waals surface area (Å²) in [7, 11) is 0. The summed E-state index contributed by atoms with van der Waals surface area (Å²) in [6, 6.07) is 34.2. The zero-order chi connectivity index (χ0) is 21.0. The normalized spacial score (nSPS) is 14.5. The molecule has 0 unspecified atom stereocenters. The van der Waals surface area contributed by atoms with Crippen molar-refractivity contribution in [1.82, 2.24) is 4.40 Å². The molecule has 0 spiro atoms. The van der Waals surface area contributed by atoms with Crippen LogP contribution in [0.1, 0.15) is 0 Å². The van der Waals surface area contributed by atoms with Crippen molar-refractivity contribution >= 4 is 67.2 Å². The van der Waals surface area contributed by atoms with E-state index in [4.69, 9.17) is 0 Å². The number of benzene rings is 5. The van der Waals surface area contributed by atoms with Crippen molar-refractivity contribution in [2.24, 2.45) is 0 Å². The molecule has 0 saturated carbocycles. The summed E-state index contributed by atoms with van der Waals surface area (Å²) in [5, 5.41) is 5.50. The van der Waals surface area contributed by atoms with Crippen molar-refractivity contribution in [3.63, 3.8) is 0 Å². The fourth-order valence-electron chi connectivity index (χ4n) is 7.34. The number of para-hydroxylation sites is 3. The minimum atomic E-state index is 0.198. The molecule has 7 aromatic rings. The van der Waals surface area contributed by atoms with Crippen molar-refractivity contribution in [2.75, 3.05) is 4.81 Å². The smallest absolute Gasteiger partial charge is 0.333 e. The molecule has 2 nitrogen and oxygen atoms in total. The fourth-order valence-corrected chi connectivity index (χ4v) is 7.34. The molecule has 33 heavy (non-hydrogen) atoms. The van der Waals surface area contributed by atoms with Crippen LogP contribution in [0.25, 0.3) is 60.3 Å². The van der Waals surface area contributed by atoms with Crippen LogP contribution in [0.5, 0.6) is 0 Å². The molecule has 2 aromatic heterocycles. The van der Waals surface area contributed by atoms with E-state index in [0.29, 0.717) is 0 Å². The molecule has 0 atom stereocenters. The molecule has 5 heterocycles. The highest BCUT2D eigenvalue weighted by Crippen LogP contribution is 2.50. The second-order valence-electron chi connectivity index (χ2n) is 9.69. The molecule has 0 N–H and O–H groups in total. The Morgan fingerprint density at radius 2 is 0.939 bits per heavy atom. The number of aromatic nitrogens is 1. The minimum Gasteiger partial charge on any atom is -0.376 e. The van der Waals surface area contributed by atoms with Crippen molar-refractivity contribution in [3.8, 4) is 22.3 Å². The van der Waals surface area contributed by atoms with Gasteiger partial charge in [-0.2, -0.15) is 0 Å². The molecular formula is C30H15BN2.